The first kappa shape index (κ1) is 39.5. The summed E-state index contributed by atoms with van der Waals surface area (Å²) in [6.45, 7) is 6.96. The van der Waals surface area contributed by atoms with Crippen molar-refractivity contribution in [2.24, 2.45) is 5.92 Å². The Labute approximate surface area is 303 Å². The summed E-state index contributed by atoms with van der Waals surface area (Å²) >= 11 is 10.8. The summed E-state index contributed by atoms with van der Waals surface area (Å²) in [4.78, 5) is 55.6. The summed E-state index contributed by atoms with van der Waals surface area (Å²) in [6, 6.07) is 2.60. The van der Waals surface area contributed by atoms with Crippen molar-refractivity contribution in [2.45, 2.75) is 95.2 Å². The van der Waals surface area contributed by atoms with Gasteiger partial charge in [-0.3, -0.25) is 14.9 Å². The van der Waals surface area contributed by atoms with E-state index in [1.165, 1.54) is 38.0 Å². The number of hydrogen-bond acceptors (Lipinski definition) is 11. The molecule has 3 aliphatic heterocycles. The maximum Gasteiger partial charge on any atom is 0.409 e. The van der Waals surface area contributed by atoms with Crippen LogP contribution in [-0.2, 0) is 39.8 Å². The maximum atomic E-state index is 14.0. The molecule has 0 saturated carbocycles. The Bertz CT molecular complexity index is 1540. The molecule has 15 heteroatoms. The zero-order valence-corrected chi connectivity index (χ0v) is 31.4. The van der Waals surface area contributed by atoms with Crippen molar-refractivity contribution in [3.63, 3.8) is 0 Å². The molecule has 3 aliphatic rings. The van der Waals surface area contributed by atoms with Crippen LogP contribution in [0.4, 0.5) is 10.5 Å². The van der Waals surface area contributed by atoms with Gasteiger partial charge in [0.1, 0.15) is 40.7 Å². The molecular weight excluding hydrogens is 690 g/mol. The van der Waals surface area contributed by atoms with E-state index in [-0.39, 0.29) is 30.2 Å². The van der Waals surface area contributed by atoms with Gasteiger partial charge in [0.25, 0.3) is 0 Å². The highest BCUT2D eigenvalue weighted by molar-refractivity contribution is 7.80. The van der Waals surface area contributed by atoms with E-state index in [0.717, 1.165) is 11.1 Å². The number of hydrogen-bond donors (Lipinski definition) is 3. The van der Waals surface area contributed by atoms with E-state index >= 15 is 0 Å². The second-order valence-electron chi connectivity index (χ2n) is 13.4. The molecule has 1 aromatic carbocycles. The maximum absolute atomic E-state index is 14.0. The Hall–Kier alpha value is -3.30. The first-order chi connectivity index (χ1) is 23.5. The predicted octanol–water partition coefficient (Wildman–Crippen LogP) is 3.83. The number of carbonyl (C=O) groups excluding carboxylic acids is 4. The summed E-state index contributed by atoms with van der Waals surface area (Å²) in [5.41, 5.74) is -0.903. The van der Waals surface area contributed by atoms with Gasteiger partial charge in [-0.2, -0.15) is 12.6 Å². The van der Waals surface area contributed by atoms with Crippen molar-refractivity contribution in [3.8, 4) is 5.75 Å². The van der Waals surface area contributed by atoms with Crippen LogP contribution < -0.4 is 15.0 Å². The molecular formula is C35H48ClN3O10S. The molecule has 276 valence electrons. The van der Waals surface area contributed by atoms with Crippen molar-refractivity contribution in [1.29, 1.82) is 0 Å². The standard InChI is InChI=1S/C35H48ClN3O10S/c1-19-10-9-11-26(46-8)35(44)18-25(47-33(43)37-35)20(2)31-34(4,49-31)27(48-32(42)21(3)38(5)28(40)12-13-50)17-29(41)39(6)23-15-22(14-19)16-24(45-7)30(23)36/h9-11,15-16,20-21,25-27,31,44,50H,12-14,17-18H2,1-8H3,(H,37,43)/b11-9+,19-10+/t20-,21+,25?,26-,27+,31+,34+,35+/m1/s1. The third-order valence-electron chi connectivity index (χ3n) is 9.85. The highest BCUT2D eigenvalue weighted by Gasteiger charge is 2.64. The third kappa shape index (κ3) is 8.42. The summed E-state index contributed by atoms with van der Waals surface area (Å²) in [5.74, 6) is -1.30. The number of ether oxygens (including phenoxy) is 5. The zero-order valence-electron chi connectivity index (χ0n) is 29.7. The number of likely N-dealkylation sites (N-methyl/N-ethyl adjacent to an activating group) is 1. The number of carbonyl (C=O) groups is 4. The number of nitrogens with one attached hydrogen (secondary N) is 1. The van der Waals surface area contributed by atoms with Crippen LogP contribution in [0.1, 0.15) is 52.5 Å². The van der Waals surface area contributed by atoms with Gasteiger partial charge in [0.15, 0.2) is 5.72 Å². The number of fused-ring (bicyclic) bond motifs is 5. The lowest BCUT2D eigenvalue weighted by molar-refractivity contribution is -0.161. The van der Waals surface area contributed by atoms with E-state index in [1.54, 1.807) is 45.2 Å². The Morgan fingerprint density at radius 1 is 1.28 bits per heavy atom. The first-order valence-corrected chi connectivity index (χ1v) is 17.5. The van der Waals surface area contributed by atoms with Crippen molar-refractivity contribution in [1.82, 2.24) is 10.2 Å². The SMILES string of the molecule is COc1cc2cc(c1Cl)N(C)C(=O)C[C@H](OC(=O)[C@H](C)N(C)C(=O)CCS)[C@]1(C)O[C@H]1[C@H](C)C1C[C@@](O)(NC(=O)O1)[C@H](OC)/C=C/C=C(\C)C2. The van der Waals surface area contributed by atoms with Crippen LogP contribution >= 0.6 is 24.2 Å². The van der Waals surface area contributed by atoms with Crippen molar-refractivity contribution in [2.75, 3.05) is 39.0 Å². The number of anilines is 1. The normalized spacial score (nSPS) is 32.3. The van der Waals surface area contributed by atoms with Crippen molar-refractivity contribution in [3.05, 3.63) is 46.5 Å². The van der Waals surface area contributed by atoms with Crippen LogP contribution in [0.3, 0.4) is 0 Å². The Morgan fingerprint density at radius 3 is 2.62 bits per heavy atom. The Kier molecular flexibility index (Phi) is 12.6. The average molecular weight is 738 g/mol. The number of rotatable bonds is 7. The fourth-order valence-corrected chi connectivity index (χ4v) is 6.99. The zero-order chi connectivity index (χ0) is 37.1. The molecule has 2 saturated heterocycles. The minimum absolute atomic E-state index is 0.0489. The van der Waals surface area contributed by atoms with Crippen LogP contribution in [0.15, 0.2) is 35.9 Å². The van der Waals surface area contributed by atoms with Gasteiger partial charge < -0.3 is 38.6 Å². The van der Waals surface area contributed by atoms with Gasteiger partial charge in [0, 0.05) is 40.0 Å². The summed E-state index contributed by atoms with van der Waals surface area (Å²) in [7, 11) is 5.98. The van der Waals surface area contributed by atoms with Gasteiger partial charge in [-0.25, -0.2) is 9.59 Å². The lowest BCUT2D eigenvalue weighted by atomic mass is 9.83. The fraction of sp³-hybridized carbons (Fsp3) is 0.600. The number of esters is 1. The number of thiol groups is 1. The quantitative estimate of drug-likeness (QED) is 0.214. The number of amides is 3. The molecule has 13 nitrogen and oxygen atoms in total. The van der Waals surface area contributed by atoms with Crippen LogP contribution in [0.25, 0.3) is 0 Å². The highest BCUT2D eigenvalue weighted by atomic mass is 35.5. The highest BCUT2D eigenvalue weighted by Crippen LogP contribution is 2.49. The molecule has 1 aromatic rings. The van der Waals surface area contributed by atoms with E-state index in [9.17, 15) is 24.3 Å². The molecule has 4 bridgehead atoms. The number of methoxy groups -OCH3 is 2. The monoisotopic (exact) mass is 737 g/mol. The molecule has 4 rings (SSSR count). The number of epoxide rings is 1. The van der Waals surface area contributed by atoms with Crippen LogP contribution in [0, 0.1) is 5.92 Å². The third-order valence-corrected chi connectivity index (χ3v) is 10.5. The first-order valence-electron chi connectivity index (χ1n) is 16.4. The van der Waals surface area contributed by atoms with E-state index in [4.69, 9.17) is 35.3 Å². The lowest BCUT2D eigenvalue weighted by Gasteiger charge is -2.42. The molecule has 0 aromatic heterocycles. The number of benzene rings is 1. The lowest BCUT2D eigenvalue weighted by Crippen LogP contribution is -2.63. The number of alkyl carbamates (subject to hydrolysis) is 1. The number of aliphatic hydroxyl groups is 1. The van der Waals surface area contributed by atoms with Crippen molar-refractivity contribution < 1.29 is 48.0 Å². The van der Waals surface area contributed by atoms with Gasteiger partial charge in [-0.05, 0) is 50.6 Å². The smallest absolute Gasteiger partial charge is 0.409 e. The molecule has 0 aliphatic carbocycles. The minimum Gasteiger partial charge on any atom is -0.495 e. The minimum atomic E-state index is -1.82. The molecule has 50 heavy (non-hydrogen) atoms. The van der Waals surface area contributed by atoms with Gasteiger partial charge >= 0.3 is 12.1 Å². The van der Waals surface area contributed by atoms with Crippen LogP contribution in [0.5, 0.6) is 5.75 Å². The van der Waals surface area contributed by atoms with Gasteiger partial charge in [-0.1, -0.05) is 42.3 Å². The van der Waals surface area contributed by atoms with E-state index in [0.29, 0.717) is 23.6 Å². The Morgan fingerprint density at radius 2 is 1.98 bits per heavy atom. The predicted molar refractivity (Wildman–Crippen MR) is 189 cm³/mol. The average Bonchev–Trinajstić information content (AvgIpc) is 3.76. The number of halogens is 1. The topological polar surface area (TPSA) is 156 Å². The van der Waals surface area contributed by atoms with Crippen LogP contribution in [-0.4, -0.2) is 110 Å². The second-order valence-corrected chi connectivity index (χ2v) is 14.2. The molecule has 0 spiro atoms. The fourth-order valence-electron chi connectivity index (χ4n) is 6.49. The van der Waals surface area contributed by atoms with E-state index < -0.39 is 65.7 Å². The number of nitrogens with zero attached hydrogens (tertiary/aromatic N) is 2. The largest absolute Gasteiger partial charge is 0.495 e. The van der Waals surface area contributed by atoms with Gasteiger partial charge in [0.05, 0.1) is 25.3 Å². The Balaban J connectivity index is 1.78. The number of allylic oxidation sites excluding steroid dienone is 3. The molecule has 0 radical (unpaired) electrons. The van der Waals surface area contributed by atoms with E-state index in [1.807, 2.05) is 13.0 Å². The molecule has 2 N–H and O–H groups in total. The summed E-state index contributed by atoms with van der Waals surface area (Å²) < 4.78 is 29.0. The van der Waals surface area contributed by atoms with Crippen molar-refractivity contribution >= 4 is 53.8 Å². The summed E-state index contributed by atoms with van der Waals surface area (Å²) in [6.07, 6.45) is 1.08. The van der Waals surface area contributed by atoms with Gasteiger partial charge in [-0.15, -0.1) is 0 Å². The molecule has 1 unspecified atom stereocenters. The molecule has 2 fully saturated rings. The summed E-state index contributed by atoms with van der Waals surface area (Å²) in [5, 5.41) is 14.4. The molecule has 8 atom stereocenters. The second kappa shape index (κ2) is 15.9. The van der Waals surface area contributed by atoms with Crippen LogP contribution in [0.2, 0.25) is 5.02 Å². The van der Waals surface area contributed by atoms with Gasteiger partial charge in [0.2, 0.25) is 11.8 Å². The van der Waals surface area contributed by atoms with E-state index in [2.05, 4.69) is 17.9 Å². The molecule has 3 amide bonds. The molecule has 3 heterocycles.